The Balaban J connectivity index is 1.76. The molecule has 1 unspecified atom stereocenters. The monoisotopic (exact) mass is 391 g/mol. The number of methoxy groups -OCH3 is 1. The van der Waals surface area contributed by atoms with Crippen LogP contribution in [0.1, 0.15) is 23.5 Å². The molecule has 3 nitrogen and oxygen atoms in total. The van der Waals surface area contributed by atoms with Crippen LogP contribution in [0.25, 0.3) is 10.2 Å². The second-order valence-electron chi connectivity index (χ2n) is 5.73. The molecule has 0 saturated heterocycles. The van der Waals surface area contributed by atoms with Crippen molar-refractivity contribution >= 4 is 37.5 Å². The van der Waals surface area contributed by atoms with Crippen molar-refractivity contribution in [1.82, 2.24) is 4.98 Å². The highest BCUT2D eigenvalue weighted by Crippen LogP contribution is 2.26. The fraction of sp³-hybridized carbons (Fsp3) is 0.278. The van der Waals surface area contributed by atoms with E-state index in [0.717, 1.165) is 22.3 Å². The van der Waals surface area contributed by atoms with Crippen molar-refractivity contribution in [1.29, 1.82) is 0 Å². The number of nitrogens with zero attached hydrogens (tertiary/aromatic N) is 1. The van der Waals surface area contributed by atoms with Gasteiger partial charge >= 0.3 is 0 Å². The summed E-state index contributed by atoms with van der Waals surface area (Å²) in [6, 6.07) is 15.0. The number of hydrogen-bond acceptors (Lipinski definition) is 3. The standard InChI is InChI=1S/C18H19BrN2OS/c1-12(18-20-15-6-4-5-7-17(15)23-18)21(2)11-13-8-9-16(22-3)14(19)10-13/h4-10,12H,11H2,1-3H3/p+1/t12-/m0/s1. The molecule has 0 aliphatic heterocycles. The van der Waals surface area contributed by atoms with Gasteiger partial charge in [0.05, 0.1) is 28.8 Å². The third-order valence-corrected chi connectivity index (χ3v) is 5.96. The van der Waals surface area contributed by atoms with Gasteiger partial charge in [0, 0.05) is 5.56 Å². The average molecular weight is 392 g/mol. The number of fused-ring (bicyclic) bond motifs is 1. The number of para-hydroxylation sites is 1. The van der Waals surface area contributed by atoms with Gasteiger partial charge in [0.15, 0.2) is 5.01 Å². The molecule has 0 radical (unpaired) electrons. The molecule has 3 aromatic rings. The first-order valence-corrected chi connectivity index (χ1v) is 9.19. The van der Waals surface area contributed by atoms with E-state index in [1.165, 1.54) is 20.2 Å². The first kappa shape index (κ1) is 16.4. The summed E-state index contributed by atoms with van der Waals surface area (Å²) >= 11 is 5.35. The minimum absolute atomic E-state index is 0.355. The molecule has 120 valence electrons. The molecule has 0 bridgehead atoms. The Morgan fingerprint density at radius 2 is 2.04 bits per heavy atom. The van der Waals surface area contributed by atoms with E-state index in [0.29, 0.717) is 6.04 Å². The number of rotatable bonds is 5. The van der Waals surface area contributed by atoms with Gasteiger partial charge in [-0.15, -0.1) is 11.3 Å². The lowest BCUT2D eigenvalue weighted by molar-refractivity contribution is -0.923. The zero-order valence-corrected chi connectivity index (χ0v) is 15.9. The van der Waals surface area contributed by atoms with E-state index in [1.54, 1.807) is 18.4 Å². The normalized spacial score (nSPS) is 13.9. The van der Waals surface area contributed by atoms with Crippen LogP contribution in [0.4, 0.5) is 0 Å². The Hall–Kier alpha value is -1.43. The summed E-state index contributed by atoms with van der Waals surface area (Å²) in [4.78, 5) is 6.21. The Bertz CT molecular complexity index is 785. The van der Waals surface area contributed by atoms with Gasteiger partial charge in [0.2, 0.25) is 0 Å². The van der Waals surface area contributed by atoms with Crippen molar-refractivity contribution < 1.29 is 9.64 Å². The molecule has 0 fully saturated rings. The minimum atomic E-state index is 0.355. The third kappa shape index (κ3) is 3.57. The van der Waals surface area contributed by atoms with E-state index in [1.807, 2.05) is 12.1 Å². The molecular weight excluding hydrogens is 372 g/mol. The maximum Gasteiger partial charge on any atom is 0.151 e. The number of halogens is 1. The number of thiazole rings is 1. The van der Waals surface area contributed by atoms with Crippen LogP contribution in [0.3, 0.4) is 0 Å². The van der Waals surface area contributed by atoms with E-state index in [-0.39, 0.29) is 0 Å². The van der Waals surface area contributed by atoms with Crippen LogP contribution in [0.5, 0.6) is 5.75 Å². The van der Waals surface area contributed by atoms with Crippen molar-refractivity contribution in [3.05, 3.63) is 57.5 Å². The molecule has 2 atom stereocenters. The smallest absolute Gasteiger partial charge is 0.151 e. The molecule has 2 aromatic carbocycles. The topological polar surface area (TPSA) is 26.6 Å². The van der Waals surface area contributed by atoms with E-state index < -0.39 is 0 Å². The first-order valence-electron chi connectivity index (χ1n) is 7.58. The molecule has 1 heterocycles. The van der Waals surface area contributed by atoms with Crippen LogP contribution >= 0.6 is 27.3 Å². The van der Waals surface area contributed by atoms with Crippen LogP contribution in [-0.4, -0.2) is 19.1 Å². The van der Waals surface area contributed by atoms with E-state index in [9.17, 15) is 0 Å². The number of ether oxygens (including phenoxy) is 1. The maximum absolute atomic E-state index is 5.29. The summed E-state index contributed by atoms with van der Waals surface area (Å²) in [7, 11) is 3.90. The summed E-state index contributed by atoms with van der Waals surface area (Å²) in [6.45, 7) is 3.19. The molecule has 1 aromatic heterocycles. The summed E-state index contributed by atoms with van der Waals surface area (Å²) in [5, 5.41) is 1.19. The van der Waals surface area contributed by atoms with Crippen LogP contribution in [0.2, 0.25) is 0 Å². The zero-order chi connectivity index (χ0) is 16.4. The van der Waals surface area contributed by atoms with E-state index in [4.69, 9.17) is 9.72 Å². The average Bonchev–Trinajstić information content (AvgIpc) is 2.98. The highest BCUT2D eigenvalue weighted by molar-refractivity contribution is 9.10. The zero-order valence-electron chi connectivity index (χ0n) is 13.5. The first-order chi connectivity index (χ1) is 11.1. The lowest BCUT2D eigenvalue weighted by Gasteiger charge is -2.20. The lowest BCUT2D eigenvalue weighted by atomic mass is 10.2. The van der Waals surface area contributed by atoms with Crippen LogP contribution < -0.4 is 9.64 Å². The molecule has 23 heavy (non-hydrogen) atoms. The highest BCUT2D eigenvalue weighted by atomic mass is 79.9. The van der Waals surface area contributed by atoms with Crippen LogP contribution in [-0.2, 0) is 6.54 Å². The lowest BCUT2D eigenvalue weighted by Crippen LogP contribution is -3.07. The van der Waals surface area contributed by atoms with Crippen LogP contribution in [0.15, 0.2) is 46.9 Å². The summed E-state index contributed by atoms with van der Waals surface area (Å²) < 4.78 is 7.55. The number of quaternary nitrogens is 1. The van der Waals surface area contributed by atoms with Gasteiger partial charge in [-0.1, -0.05) is 12.1 Å². The third-order valence-electron chi connectivity index (χ3n) is 4.12. The van der Waals surface area contributed by atoms with Gasteiger partial charge < -0.3 is 9.64 Å². The number of nitrogens with one attached hydrogen (secondary N) is 1. The molecule has 5 heteroatoms. The van der Waals surface area contributed by atoms with Gasteiger partial charge in [0.25, 0.3) is 0 Å². The Morgan fingerprint density at radius 3 is 2.74 bits per heavy atom. The van der Waals surface area contributed by atoms with Crippen molar-refractivity contribution in [2.24, 2.45) is 0 Å². The molecular formula is C18H20BrN2OS+. The van der Waals surface area contributed by atoms with Gasteiger partial charge in [0.1, 0.15) is 18.3 Å². The maximum atomic E-state index is 5.29. The molecule has 1 N–H and O–H groups in total. The van der Waals surface area contributed by atoms with Crippen molar-refractivity contribution in [3.8, 4) is 5.75 Å². The number of benzene rings is 2. The van der Waals surface area contributed by atoms with Gasteiger partial charge in [-0.3, -0.25) is 0 Å². The quantitative estimate of drug-likeness (QED) is 0.714. The minimum Gasteiger partial charge on any atom is -0.496 e. The molecule has 0 aliphatic carbocycles. The van der Waals surface area contributed by atoms with Crippen molar-refractivity contribution in [2.45, 2.75) is 19.5 Å². The number of aromatic nitrogens is 1. The van der Waals surface area contributed by atoms with Gasteiger partial charge in [-0.2, -0.15) is 0 Å². The van der Waals surface area contributed by atoms with Crippen molar-refractivity contribution in [2.75, 3.05) is 14.2 Å². The second-order valence-corrected chi connectivity index (χ2v) is 7.65. The molecule has 0 amide bonds. The highest BCUT2D eigenvalue weighted by Gasteiger charge is 2.20. The summed E-state index contributed by atoms with van der Waals surface area (Å²) in [6.07, 6.45) is 0. The fourth-order valence-electron chi connectivity index (χ4n) is 2.58. The predicted octanol–water partition coefficient (Wildman–Crippen LogP) is 3.84. The summed E-state index contributed by atoms with van der Waals surface area (Å²) in [5.74, 6) is 0.866. The van der Waals surface area contributed by atoms with E-state index >= 15 is 0 Å². The molecule has 0 aliphatic rings. The molecule has 0 spiro atoms. The van der Waals surface area contributed by atoms with Gasteiger partial charge in [-0.25, -0.2) is 4.98 Å². The molecule has 0 saturated carbocycles. The Kier molecular flexibility index (Phi) is 4.99. The number of hydrogen-bond donors (Lipinski definition) is 1. The van der Waals surface area contributed by atoms with E-state index in [2.05, 4.69) is 60.2 Å². The Labute approximate surface area is 149 Å². The summed E-state index contributed by atoms with van der Waals surface area (Å²) in [5.41, 5.74) is 2.38. The largest absolute Gasteiger partial charge is 0.496 e. The van der Waals surface area contributed by atoms with Crippen molar-refractivity contribution in [3.63, 3.8) is 0 Å². The second kappa shape index (κ2) is 6.99. The van der Waals surface area contributed by atoms with Gasteiger partial charge in [-0.05, 0) is 53.2 Å². The SMILES string of the molecule is COc1ccc(C[NH+](C)[C@@H](C)c2nc3ccccc3s2)cc1Br. The van der Waals surface area contributed by atoms with Crippen LogP contribution in [0, 0.1) is 0 Å². The predicted molar refractivity (Wildman–Crippen MR) is 99.3 cm³/mol. The Morgan fingerprint density at radius 1 is 1.26 bits per heavy atom. The molecule has 3 rings (SSSR count). The fourth-order valence-corrected chi connectivity index (χ4v) is 4.28.